The van der Waals surface area contributed by atoms with Crippen LogP contribution in [-0.2, 0) is 4.74 Å². The zero-order valence-electron chi connectivity index (χ0n) is 12.0. The number of nitrogens with zero attached hydrogens (tertiary/aromatic N) is 1. The maximum atomic E-state index is 5.24. The van der Waals surface area contributed by atoms with Crippen LogP contribution in [0, 0.1) is 0 Å². The molecular formula is C14H30N2O. The molecule has 1 aliphatic carbocycles. The molecule has 1 unspecified atom stereocenters. The van der Waals surface area contributed by atoms with E-state index < -0.39 is 0 Å². The van der Waals surface area contributed by atoms with Crippen molar-refractivity contribution < 1.29 is 4.74 Å². The number of methoxy groups -OCH3 is 1. The van der Waals surface area contributed by atoms with E-state index in [0.29, 0.717) is 12.1 Å². The molecule has 0 radical (unpaired) electrons. The van der Waals surface area contributed by atoms with E-state index in [9.17, 15) is 0 Å². The molecule has 0 amide bonds. The van der Waals surface area contributed by atoms with Gasteiger partial charge in [-0.1, -0.05) is 13.8 Å². The summed E-state index contributed by atoms with van der Waals surface area (Å²) < 4.78 is 5.24. The summed E-state index contributed by atoms with van der Waals surface area (Å²) in [6.07, 6.45) is 5.20. The normalized spacial score (nSPS) is 18.0. The maximum Gasteiger partial charge on any atom is 0.0589 e. The van der Waals surface area contributed by atoms with Gasteiger partial charge in [0.2, 0.25) is 0 Å². The minimum atomic E-state index is 0.607. The van der Waals surface area contributed by atoms with E-state index in [-0.39, 0.29) is 0 Å². The molecule has 3 nitrogen and oxygen atoms in total. The van der Waals surface area contributed by atoms with Crippen molar-refractivity contribution in [3.8, 4) is 0 Å². The fourth-order valence-electron chi connectivity index (χ4n) is 2.46. The minimum absolute atomic E-state index is 0.607. The highest BCUT2D eigenvalue weighted by molar-refractivity contribution is 4.84. The first-order valence-corrected chi connectivity index (χ1v) is 7.20. The topological polar surface area (TPSA) is 24.5 Å². The van der Waals surface area contributed by atoms with Gasteiger partial charge in [-0.2, -0.15) is 0 Å². The van der Waals surface area contributed by atoms with Crippen LogP contribution >= 0.6 is 0 Å². The van der Waals surface area contributed by atoms with Gasteiger partial charge in [0.25, 0.3) is 0 Å². The van der Waals surface area contributed by atoms with Gasteiger partial charge in [0.15, 0.2) is 0 Å². The molecule has 1 N–H and O–H groups in total. The summed E-state index contributed by atoms with van der Waals surface area (Å²) >= 11 is 0. The van der Waals surface area contributed by atoms with Gasteiger partial charge in [0.05, 0.1) is 6.61 Å². The smallest absolute Gasteiger partial charge is 0.0589 e. The van der Waals surface area contributed by atoms with Crippen molar-refractivity contribution in [2.75, 3.05) is 26.8 Å². The van der Waals surface area contributed by atoms with Gasteiger partial charge in [-0.3, -0.25) is 4.90 Å². The maximum absolute atomic E-state index is 5.24. The molecule has 1 atom stereocenters. The summed E-state index contributed by atoms with van der Waals surface area (Å²) in [4.78, 5) is 2.61. The van der Waals surface area contributed by atoms with Gasteiger partial charge < -0.3 is 10.1 Å². The molecule has 0 aromatic rings. The van der Waals surface area contributed by atoms with Crippen LogP contribution in [0.15, 0.2) is 0 Å². The second-order valence-electron chi connectivity index (χ2n) is 5.23. The average Bonchev–Trinajstić information content (AvgIpc) is 3.15. The van der Waals surface area contributed by atoms with Gasteiger partial charge in [0.1, 0.15) is 0 Å². The van der Waals surface area contributed by atoms with Crippen LogP contribution in [0.25, 0.3) is 0 Å². The van der Waals surface area contributed by atoms with Crippen molar-refractivity contribution >= 4 is 0 Å². The van der Waals surface area contributed by atoms with Crippen LogP contribution in [0.3, 0.4) is 0 Å². The summed E-state index contributed by atoms with van der Waals surface area (Å²) in [7, 11) is 1.79. The predicted octanol–water partition coefficient (Wildman–Crippen LogP) is 2.26. The average molecular weight is 242 g/mol. The molecule has 0 spiro atoms. The Morgan fingerprint density at radius 1 is 1.29 bits per heavy atom. The van der Waals surface area contributed by atoms with Crippen molar-refractivity contribution in [1.29, 1.82) is 0 Å². The van der Waals surface area contributed by atoms with Crippen LogP contribution in [0.5, 0.6) is 0 Å². The third-order valence-corrected chi connectivity index (χ3v) is 3.81. The molecule has 1 rings (SSSR count). The van der Waals surface area contributed by atoms with Crippen LogP contribution < -0.4 is 5.32 Å². The summed E-state index contributed by atoms with van der Waals surface area (Å²) in [5.41, 5.74) is 0. The molecular weight excluding hydrogens is 212 g/mol. The third kappa shape index (κ3) is 5.36. The Morgan fingerprint density at radius 3 is 2.41 bits per heavy atom. The quantitative estimate of drug-likeness (QED) is 0.636. The second-order valence-corrected chi connectivity index (χ2v) is 5.23. The number of hydrogen-bond donors (Lipinski definition) is 1. The first-order valence-electron chi connectivity index (χ1n) is 7.20. The van der Waals surface area contributed by atoms with Gasteiger partial charge in [-0.25, -0.2) is 0 Å². The second kappa shape index (κ2) is 8.06. The van der Waals surface area contributed by atoms with Gasteiger partial charge in [0, 0.05) is 38.3 Å². The lowest BCUT2D eigenvalue weighted by molar-refractivity contribution is 0.0850. The first-order chi connectivity index (χ1) is 8.22. The van der Waals surface area contributed by atoms with E-state index in [2.05, 4.69) is 31.0 Å². The molecule has 102 valence electrons. The highest BCUT2D eigenvalue weighted by Crippen LogP contribution is 2.19. The van der Waals surface area contributed by atoms with Gasteiger partial charge in [-0.05, 0) is 32.6 Å². The summed E-state index contributed by atoms with van der Waals surface area (Å²) in [6.45, 7) is 9.92. The number of ether oxygens (including phenoxy) is 1. The van der Waals surface area contributed by atoms with Crippen LogP contribution in [-0.4, -0.2) is 49.8 Å². The van der Waals surface area contributed by atoms with Gasteiger partial charge in [-0.15, -0.1) is 0 Å². The monoisotopic (exact) mass is 242 g/mol. The predicted molar refractivity (Wildman–Crippen MR) is 73.4 cm³/mol. The lowest BCUT2D eigenvalue weighted by Crippen LogP contribution is -2.47. The fourth-order valence-corrected chi connectivity index (χ4v) is 2.46. The molecule has 0 saturated heterocycles. The molecule has 0 aliphatic heterocycles. The Labute approximate surface area is 107 Å². The lowest BCUT2D eigenvalue weighted by atomic mass is 10.1. The largest absolute Gasteiger partial charge is 0.383 e. The van der Waals surface area contributed by atoms with Crippen molar-refractivity contribution in [2.24, 2.45) is 0 Å². The number of rotatable bonds is 10. The molecule has 0 heterocycles. The Balaban J connectivity index is 2.39. The molecule has 1 fully saturated rings. The van der Waals surface area contributed by atoms with E-state index >= 15 is 0 Å². The Bertz CT molecular complexity index is 191. The summed E-state index contributed by atoms with van der Waals surface area (Å²) in [5, 5.41) is 3.63. The van der Waals surface area contributed by atoms with E-state index in [1.54, 1.807) is 7.11 Å². The van der Waals surface area contributed by atoms with E-state index in [0.717, 1.165) is 25.7 Å². The van der Waals surface area contributed by atoms with E-state index in [1.807, 2.05) is 0 Å². The summed E-state index contributed by atoms with van der Waals surface area (Å²) in [6, 6.07) is 2.11. The standard InChI is InChI=1S/C14H30N2O/c1-5-14(6-2)16(9-10-17-4)12(3)11-15-13-7-8-13/h12-15H,5-11H2,1-4H3. The van der Waals surface area contributed by atoms with Crippen molar-refractivity contribution in [1.82, 2.24) is 10.2 Å². The molecule has 0 aromatic heterocycles. The molecule has 17 heavy (non-hydrogen) atoms. The summed E-state index contributed by atoms with van der Waals surface area (Å²) in [5.74, 6) is 0. The Hall–Kier alpha value is -0.120. The highest BCUT2D eigenvalue weighted by Gasteiger charge is 2.24. The highest BCUT2D eigenvalue weighted by atomic mass is 16.5. The van der Waals surface area contributed by atoms with Crippen LogP contribution in [0.4, 0.5) is 0 Å². The molecule has 0 bridgehead atoms. The van der Waals surface area contributed by atoms with Gasteiger partial charge >= 0.3 is 0 Å². The SMILES string of the molecule is CCC(CC)N(CCOC)C(C)CNC1CC1. The minimum Gasteiger partial charge on any atom is -0.383 e. The Morgan fingerprint density at radius 2 is 1.94 bits per heavy atom. The van der Waals surface area contributed by atoms with Crippen molar-refractivity contribution in [3.05, 3.63) is 0 Å². The molecule has 3 heteroatoms. The zero-order valence-corrected chi connectivity index (χ0v) is 12.0. The van der Waals surface area contributed by atoms with E-state index in [1.165, 1.54) is 25.7 Å². The van der Waals surface area contributed by atoms with E-state index in [4.69, 9.17) is 4.74 Å². The van der Waals surface area contributed by atoms with Crippen LogP contribution in [0.2, 0.25) is 0 Å². The lowest BCUT2D eigenvalue weighted by Gasteiger charge is -2.35. The van der Waals surface area contributed by atoms with Crippen molar-refractivity contribution in [2.45, 2.75) is 64.6 Å². The third-order valence-electron chi connectivity index (χ3n) is 3.81. The molecule has 0 aromatic carbocycles. The number of hydrogen-bond acceptors (Lipinski definition) is 3. The zero-order chi connectivity index (χ0) is 12.7. The Kier molecular flexibility index (Phi) is 7.09. The first kappa shape index (κ1) is 14.9. The van der Waals surface area contributed by atoms with Crippen LogP contribution in [0.1, 0.15) is 46.5 Å². The van der Waals surface area contributed by atoms with Crippen molar-refractivity contribution in [3.63, 3.8) is 0 Å². The molecule has 1 aliphatic rings. The fraction of sp³-hybridized carbons (Fsp3) is 1.00. The number of nitrogens with one attached hydrogen (secondary N) is 1. The molecule has 1 saturated carbocycles.